The van der Waals surface area contributed by atoms with Gasteiger partial charge in [0.05, 0.1) is 6.10 Å². The molecule has 0 atom stereocenters. The summed E-state index contributed by atoms with van der Waals surface area (Å²) in [4.78, 5) is 11.9. The fourth-order valence-corrected chi connectivity index (χ4v) is 3.14. The van der Waals surface area contributed by atoms with Crippen molar-refractivity contribution in [3.05, 3.63) is 22.6 Å². The van der Waals surface area contributed by atoms with Crippen LogP contribution in [0.5, 0.6) is 5.75 Å². The zero-order chi connectivity index (χ0) is 14.0. The molecule has 0 aliphatic carbocycles. The summed E-state index contributed by atoms with van der Waals surface area (Å²) in [5.74, 6) is 0.712. The van der Waals surface area contributed by atoms with Crippen LogP contribution in [-0.4, -0.2) is 19.4 Å². The molecule has 0 aliphatic rings. The second-order valence-electron chi connectivity index (χ2n) is 4.69. The quantitative estimate of drug-likeness (QED) is 0.836. The number of fused-ring (bicyclic) bond motifs is 1. The normalized spacial score (nSPS) is 11.0. The van der Waals surface area contributed by atoms with Gasteiger partial charge in [-0.2, -0.15) is 0 Å². The van der Waals surface area contributed by atoms with Gasteiger partial charge < -0.3 is 10.1 Å². The summed E-state index contributed by atoms with van der Waals surface area (Å²) in [6.07, 6.45) is 1.90. The number of benzene rings is 1. The minimum atomic E-state index is 0.0559. The summed E-state index contributed by atoms with van der Waals surface area (Å²) in [6, 6.07) is 4.22. The topological polar surface area (TPSA) is 38.3 Å². The van der Waals surface area contributed by atoms with Gasteiger partial charge in [0.15, 0.2) is 6.29 Å². The van der Waals surface area contributed by atoms with Crippen LogP contribution in [0.25, 0.3) is 10.1 Å². The smallest absolute Gasteiger partial charge is 0.163 e. The highest BCUT2D eigenvalue weighted by molar-refractivity contribution is 7.21. The van der Waals surface area contributed by atoms with Crippen molar-refractivity contribution in [2.75, 3.05) is 12.4 Å². The second kappa shape index (κ2) is 5.61. The van der Waals surface area contributed by atoms with Gasteiger partial charge in [-0.05, 0) is 38.0 Å². The molecular formula is C15H19NO2S. The number of aldehydes is 1. The summed E-state index contributed by atoms with van der Waals surface area (Å²) in [7, 11) is 1.91. The van der Waals surface area contributed by atoms with E-state index in [1.54, 1.807) is 0 Å². The van der Waals surface area contributed by atoms with Crippen LogP contribution in [0.4, 0.5) is 5.69 Å². The molecule has 0 aliphatic heterocycles. The lowest BCUT2D eigenvalue weighted by Gasteiger charge is -2.11. The number of anilines is 1. The summed E-state index contributed by atoms with van der Waals surface area (Å²) in [5, 5.41) is 4.22. The van der Waals surface area contributed by atoms with Crippen molar-refractivity contribution in [2.45, 2.75) is 33.3 Å². The molecule has 0 bridgehead atoms. The molecule has 1 N–H and O–H groups in total. The predicted octanol–water partition coefficient (Wildman–Crippen LogP) is 4.11. The van der Waals surface area contributed by atoms with Crippen LogP contribution in [0.3, 0.4) is 0 Å². The molecule has 0 amide bonds. The van der Waals surface area contributed by atoms with Gasteiger partial charge in [-0.25, -0.2) is 0 Å². The van der Waals surface area contributed by atoms with Crippen molar-refractivity contribution in [1.82, 2.24) is 0 Å². The molecule has 1 aromatic heterocycles. The molecule has 0 spiro atoms. The van der Waals surface area contributed by atoms with Crippen LogP contribution in [0.2, 0.25) is 0 Å². The van der Waals surface area contributed by atoms with E-state index < -0.39 is 0 Å². The Hall–Kier alpha value is -1.55. The standard InChI is InChI=1S/C15H19NO2S/c1-5-10-6-13-11(7-12(10)16-4)15(18-9(2)3)14(8-17)19-13/h6-9,16H,5H2,1-4H3. The third kappa shape index (κ3) is 2.59. The van der Waals surface area contributed by atoms with E-state index >= 15 is 0 Å². The Labute approximate surface area is 117 Å². The highest BCUT2D eigenvalue weighted by Gasteiger charge is 2.16. The van der Waals surface area contributed by atoms with Gasteiger partial charge >= 0.3 is 0 Å². The van der Waals surface area contributed by atoms with Gasteiger partial charge in [0.2, 0.25) is 0 Å². The van der Waals surface area contributed by atoms with E-state index in [1.807, 2.05) is 20.9 Å². The number of carbonyl (C=O) groups is 1. The first-order chi connectivity index (χ1) is 9.10. The lowest BCUT2D eigenvalue weighted by Crippen LogP contribution is -2.06. The van der Waals surface area contributed by atoms with Crippen molar-refractivity contribution in [3.8, 4) is 5.75 Å². The molecule has 0 fully saturated rings. The van der Waals surface area contributed by atoms with Gasteiger partial charge in [0.1, 0.15) is 10.6 Å². The van der Waals surface area contributed by atoms with Crippen molar-refractivity contribution in [1.29, 1.82) is 0 Å². The van der Waals surface area contributed by atoms with Gasteiger partial charge in [0, 0.05) is 22.8 Å². The van der Waals surface area contributed by atoms with E-state index in [1.165, 1.54) is 16.9 Å². The molecular weight excluding hydrogens is 258 g/mol. The van der Waals surface area contributed by atoms with Crippen molar-refractivity contribution in [3.63, 3.8) is 0 Å². The second-order valence-corrected chi connectivity index (χ2v) is 5.77. The van der Waals surface area contributed by atoms with E-state index in [9.17, 15) is 4.79 Å². The zero-order valence-electron chi connectivity index (χ0n) is 11.7. The fourth-order valence-electron chi connectivity index (χ4n) is 2.14. The number of thiophene rings is 1. The molecule has 1 heterocycles. The highest BCUT2D eigenvalue weighted by atomic mass is 32.1. The Bertz CT molecular complexity index is 602. The molecule has 2 aromatic rings. The lowest BCUT2D eigenvalue weighted by atomic mass is 10.1. The molecule has 4 heteroatoms. The Morgan fingerprint density at radius 3 is 2.68 bits per heavy atom. The number of nitrogens with one attached hydrogen (secondary N) is 1. The minimum Gasteiger partial charge on any atom is -0.489 e. The molecule has 102 valence electrons. The van der Waals surface area contributed by atoms with Crippen LogP contribution in [0, 0.1) is 0 Å². The van der Waals surface area contributed by atoms with Crippen LogP contribution >= 0.6 is 11.3 Å². The van der Waals surface area contributed by atoms with Crippen molar-refractivity contribution < 1.29 is 9.53 Å². The summed E-state index contributed by atoms with van der Waals surface area (Å²) in [6.45, 7) is 6.07. The highest BCUT2D eigenvalue weighted by Crippen LogP contribution is 2.40. The molecule has 3 nitrogen and oxygen atoms in total. The van der Waals surface area contributed by atoms with Crippen LogP contribution < -0.4 is 10.1 Å². The van der Waals surface area contributed by atoms with Crippen LogP contribution in [-0.2, 0) is 6.42 Å². The molecule has 1 aromatic carbocycles. The Kier molecular flexibility index (Phi) is 4.10. The molecule has 0 unspecified atom stereocenters. The molecule has 0 radical (unpaired) electrons. The monoisotopic (exact) mass is 277 g/mol. The van der Waals surface area contributed by atoms with Gasteiger partial charge in [-0.15, -0.1) is 11.3 Å². The van der Waals surface area contributed by atoms with Gasteiger partial charge in [0.25, 0.3) is 0 Å². The third-order valence-electron chi connectivity index (χ3n) is 3.00. The molecule has 19 heavy (non-hydrogen) atoms. The number of aryl methyl sites for hydroxylation is 1. The largest absolute Gasteiger partial charge is 0.489 e. The first-order valence-corrected chi connectivity index (χ1v) is 7.31. The summed E-state index contributed by atoms with van der Waals surface area (Å²) < 4.78 is 6.92. The predicted molar refractivity (Wildman–Crippen MR) is 81.9 cm³/mol. The average molecular weight is 277 g/mol. The fraction of sp³-hybridized carbons (Fsp3) is 0.400. The Balaban J connectivity index is 2.68. The number of carbonyl (C=O) groups excluding carboxylic acids is 1. The SMILES string of the molecule is CCc1cc2sc(C=O)c(OC(C)C)c2cc1NC. The first-order valence-electron chi connectivity index (χ1n) is 6.49. The summed E-state index contributed by atoms with van der Waals surface area (Å²) in [5.41, 5.74) is 2.35. The minimum absolute atomic E-state index is 0.0559. The average Bonchev–Trinajstić information content (AvgIpc) is 2.73. The van der Waals surface area contributed by atoms with Crippen molar-refractivity contribution >= 4 is 33.4 Å². The maximum Gasteiger partial charge on any atom is 0.163 e. The Morgan fingerprint density at radius 2 is 2.16 bits per heavy atom. The molecule has 0 saturated heterocycles. The van der Waals surface area contributed by atoms with Crippen LogP contribution in [0.15, 0.2) is 12.1 Å². The number of ether oxygens (including phenoxy) is 1. The number of hydrogen-bond donors (Lipinski definition) is 1. The van der Waals surface area contributed by atoms with E-state index in [2.05, 4.69) is 24.4 Å². The van der Waals surface area contributed by atoms with E-state index in [4.69, 9.17) is 4.74 Å². The van der Waals surface area contributed by atoms with Crippen LogP contribution in [0.1, 0.15) is 36.0 Å². The maximum atomic E-state index is 11.2. The van der Waals surface area contributed by atoms with E-state index in [-0.39, 0.29) is 6.10 Å². The maximum absolute atomic E-state index is 11.2. The number of rotatable bonds is 5. The number of hydrogen-bond acceptors (Lipinski definition) is 4. The van der Waals surface area contributed by atoms with E-state index in [0.717, 1.165) is 28.5 Å². The van der Waals surface area contributed by atoms with E-state index in [0.29, 0.717) is 10.6 Å². The lowest BCUT2D eigenvalue weighted by molar-refractivity contribution is 0.112. The zero-order valence-corrected chi connectivity index (χ0v) is 12.6. The molecule has 2 rings (SSSR count). The van der Waals surface area contributed by atoms with Gasteiger partial charge in [-0.1, -0.05) is 6.92 Å². The third-order valence-corrected chi connectivity index (χ3v) is 4.06. The van der Waals surface area contributed by atoms with Gasteiger partial charge in [-0.3, -0.25) is 4.79 Å². The summed E-state index contributed by atoms with van der Waals surface area (Å²) >= 11 is 1.49. The molecule has 0 saturated carbocycles. The van der Waals surface area contributed by atoms with Crippen molar-refractivity contribution in [2.24, 2.45) is 0 Å². The first kappa shape index (κ1) is 13.9. The Morgan fingerprint density at radius 1 is 1.42 bits per heavy atom.